The monoisotopic (exact) mass is 404 g/mol. The van der Waals surface area contributed by atoms with Gasteiger partial charge in [0.2, 0.25) is 0 Å². The van der Waals surface area contributed by atoms with Gasteiger partial charge in [-0.25, -0.2) is 17.6 Å². The first kappa shape index (κ1) is 20.0. The highest BCUT2D eigenvalue weighted by Crippen LogP contribution is 2.36. The molecular weight excluding hydrogens is 388 g/mol. The third-order valence-corrected chi connectivity index (χ3v) is 5.40. The van der Waals surface area contributed by atoms with Gasteiger partial charge < -0.3 is 0 Å². The Morgan fingerprint density at radius 3 is 2.07 bits per heavy atom. The zero-order valence-corrected chi connectivity index (χ0v) is 15.8. The van der Waals surface area contributed by atoms with Gasteiger partial charge in [0.25, 0.3) is 0 Å². The Kier molecular flexibility index (Phi) is 6.09. The zero-order valence-electron chi connectivity index (χ0n) is 14.9. The first-order valence-electron chi connectivity index (χ1n) is 8.63. The normalized spacial score (nSPS) is 11.3. The van der Waals surface area contributed by atoms with E-state index in [2.05, 4.69) is 0 Å². The molecule has 144 valence electrons. The van der Waals surface area contributed by atoms with Gasteiger partial charge in [0, 0.05) is 26.4 Å². The van der Waals surface area contributed by atoms with Crippen molar-refractivity contribution in [2.45, 2.75) is 19.8 Å². The van der Waals surface area contributed by atoms with E-state index in [1.54, 1.807) is 6.07 Å². The highest BCUT2D eigenvalue weighted by atomic mass is 32.1. The number of aldehydes is 1. The highest BCUT2D eigenvalue weighted by Gasteiger charge is 2.21. The van der Waals surface area contributed by atoms with Crippen molar-refractivity contribution >= 4 is 17.6 Å². The van der Waals surface area contributed by atoms with Crippen molar-refractivity contribution in [2.24, 2.45) is 0 Å². The number of benzene rings is 2. The molecule has 6 heteroatoms. The van der Waals surface area contributed by atoms with Gasteiger partial charge in [-0.05, 0) is 37.1 Å². The van der Waals surface area contributed by atoms with Gasteiger partial charge in [-0.3, -0.25) is 4.79 Å². The molecule has 1 aromatic heterocycles. The van der Waals surface area contributed by atoms with E-state index in [0.717, 1.165) is 23.4 Å². The molecule has 1 heterocycles. The van der Waals surface area contributed by atoms with Crippen molar-refractivity contribution in [3.05, 3.63) is 82.3 Å². The van der Waals surface area contributed by atoms with Gasteiger partial charge >= 0.3 is 0 Å². The molecule has 0 saturated carbocycles. The van der Waals surface area contributed by atoms with Crippen LogP contribution < -0.4 is 0 Å². The largest absolute Gasteiger partial charge is 0.298 e. The van der Waals surface area contributed by atoms with Crippen LogP contribution in [-0.2, 0) is 6.42 Å². The molecule has 0 spiro atoms. The van der Waals surface area contributed by atoms with Gasteiger partial charge in [0.05, 0.1) is 5.56 Å². The average Bonchev–Trinajstić information content (AvgIpc) is 3.15. The van der Waals surface area contributed by atoms with E-state index in [4.69, 9.17) is 0 Å². The Bertz CT molecular complexity index is 1050. The summed E-state index contributed by atoms with van der Waals surface area (Å²) in [7, 11) is 0. The van der Waals surface area contributed by atoms with Crippen molar-refractivity contribution in [3.63, 3.8) is 0 Å². The number of hydrogen-bond acceptors (Lipinski definition) is 2. The van der Waals surface area contributed by atoms with Crippen molar-refractivity contribution in [2.75, 3.05) is 0 Å². The molecule has 28 heavy (non-hydrogen) atoms. The topological polar surface area (TPSA) is 17.1 Å². The molecule has 2 aromatic carbocycles. The summed E-state index contributed by atoms with van der Waals surface area (Å²) in [6, 6.07) is 8.19. The fourth-order valence-electron chi connectivity index (χ4n) is 2.81. The predicted molar refractivity (Wildman–Crippen MR) is 104 cm³/mol. The van der Waals surface area contributed by atoms with Gasteiger partial charge in [0.1, 0.15) is 0 Å². The number of halogens is 4. The number of rotatable bonds is 6. The summed E-state index contributed by atoms with van der Waals surface area (Å²) in [6.45, 7) is 2.03. The number of thiophene rings is 1. The van der Waals surface area contributed by atoms with Crippen molar-refractivity contribution in [1.29, 1.82) is 0 Å². The maximum atomic E-state index is 14.7. The highest BCUT2D eigenvalue weighted by molar-refractivity contribution is 7.15. The Hall–Kier alpha value is -2.73. The molecule has 1 nitrogen and oxygen atoms in total. The Morgan fingerprint density at radius 2 is 1.39 bits per heavy atom. The molecular formula is C22H16F4OS. The van der Waals surface area contributed by atoms with Gasteiger partial charge in [0.15, 0.2) is 29.6 Å². The minimum absolute atomic E-state index is 0.0577. The van der Waals surface area contributed by atoms with E-state index in [1.807, 2.05) is 25.1 Å². The van der Waals surface area contributed by atoms with Crippen LogP contribution in [0.4, 0.5) is 17.6 Å². The SMILES string of the molecule is CC/C=C/Cc1ccc(-c2ccc(-c3ccc(C=O)c(F)c3F)c(F)c2F)s1. The smallest absolute Gasteiger partial charge is 0.169 e. The minimum atomic E-state index is -1.39. The summed E-state index contributed by atoms with van der Waals surface area (Å²) in [5.41, 5.74) is -1.27. The lowest BCUT2D eigenvalue weighted by Gasteiger charge is -2.10. The first-order valence-corrected chi connectivity index (χ1v) is 9.45. The fraction of sp³-hybridized carbons (Fsp3) is 0.136. The lowest BCUT2D eigenvalue weighted by molar-refractivity contribution is 0.111. The molecule has 0 aliphatic carbocycles. The second-order valence-electron chi connectivity index (χ2n) is 6.09. The standard InChI is InChI=1S/C22H16F4OS/c1-2-3-4-5-14-7-11-18(28-14)17-10-9-16(21(25)22(17)26)15-8-6-13(12-27)19(23)20(15)24/h3-4,6-12H,2,5H2,1H3/b4-3+. The summed E-state index contributed by atoms with van der Waals surface area (Å²) < 4.78 is 57.3. The van der Waals surface area contributed by atoms with Crippen LogP contribution in [-0.4, -0.2) is 6.29 Å². The number of carbonyl (C=O) groups excluding carboxylic acids is 1. The first-order chi connectivity index (χ1) is 13.5. The van der Waals surface area contributed by atoms with E-state index < -0.39 is 40.0 Å². The van der Waals surface area contributed by atoms with Crippen molar-refractivity contribution in [1.82, 2.24) is 0 Å². The van der Waals surface area contributed by atoms with Gasteiger partial charge in [-0.1, -0.05) is 31.2 Å². The van der Waals surface area contributed by atoms with Crippen molar-refractivity contribution in [3.8, 4) is 21.6 Å². The molecule has 0 amide bonds. The number of carbonyl (C=O) groups is 1. The van der Waals surface area contributed by atoms with E-state index >= 15 is 0 Å². The van der Waals surface area contributed by atoms with Crippen LogP contribution in [0, 0.1) is 23.3 Å². The van der Waals surface area contributed by atoms with Gasteiger partial charge in [-0.15, -0.1) is 11.3 Å². The fourth-order valence-corrected chi connectivity index (χ4v) is 3.81. The Balaban J connectivity index is 2.00. The number of allylic oxidation sites excluding steroid dienone is 2. The third kappa shape index (κ3) is 3.78. The van der Waals surface area contributed by atoms with Crippen LogP contribution in [0.5, 0.6) is 0 Å². The molecule has 0 unspecified atom stereocenters. The second-order valence-corrected chi connectivity index (χ2v) is 7.25. The number of hydrogen-bond donors (Lipinski definition) is 0. The van der Waals surface area contributed by atoms with Crippen LogP contribution in [0.1, 0.15) is 28.6 Å². The van der Waals surface area contributed by atoms with Crippen LogP contribution in [0.3, 0.4) is 0 Å². The average molecular weight is 404 g/mol. The maximum absolute atomic E-state index is 14.7. The van der Waals surface area contributed by atoms with Gasteiger partial charge in [-0.2, -0.15) is 0 Å². The quantitative estimate of drug-likeness (QED) is 0.247. The second kappa shape index (κ2) is 8.52. The summed E-state index contributed by atoms with van der Waals surface area (Å²) in [5, 5.41) is 0. The van der Waals surface area contributed by atoms with Crippen LogP contribution in [0.25, 0.3) is 21.6 Å². The molecule has 0 radical (unpaired) electrons. The van der Waals surface area contributed by atoms with E-state index in [-0.39, 0.29) is 11.8 Å². The van der Waals surface area contributed by atoms with E-state index in [1.165, 1.54) is 23.5 Å². The van der Waals surface area contributed by atoms with Crippen LogP contribution in [0.15, 0.2) is 48.6 Å². The molecule has 0 aliphatic heterocycles. The molecule has 0 aliphatic rings. The molecule has 0 atom stereocenters. The lowest BCUT2D eigenvalue weighted by atomic mass is 10.00. The zero-order chi connectivity index (χ0) is 20.3. The Labute approximate surface area is 164 Å². The molecule has 0 bridgehead atoms. The summed E-state index contributed by atoms with van der Waals surface area (Å²) >= 11 is 1.34. The van der Waals surface area contributed by atoms with Crippen LogP contribution >= 0.6 is 11.3 Å². The molecule has 0 saturated heterocycles. The summed E-state index contributed by atoms with van der Waals surface area (Å²) in [6.07, 6.45) is 5.82. The van der Waals surface area contributed by atoms with E-state index in [0.29, 0.717) is 11.3 Å². The molecule has 0 fully saturated rings. The van der Waals surface area contributed by atoms with E-state index in [9.17, 15) is 22.4 Å². The minimum Gasteiger partial charge on any atom is -0.298 e. The molecule has 3 rings (SSSR count). The third-order valence-electron chi connectivity index (χ3n) is 4.26. The summed E-state index contributed by atoms with van der Waals surface area (Å²) in [4.78, 5) is 12.2. The Morgan fingerprint density at radius 1 is 0.786 bits per heavy atom. The van der Waals surface area contributed by atoms with Crippen molar-refractivity contribution < 1.29 is 22.4 Å². The molecule has 3 aromatic rings. The maximum Gasteiger partial charge on any atom is 0.169 e. The lowest BCUT2D eigenvalue weighted by Crippen LogP contribution is -1.99. The summed E-state index contributed by atoms with van der Waals surface area (Å²) in [5.74, 6) is -5.18. The molecule has 0 N–H and O–H groups in total. The predicted octanol–water partition coefficient (Wildman–Crippen LogP) is 6.96. The van der Waals surface area contributed by atoms with Crippen LogP contribution in [0.2, 0.25) is 0 Å².